The number of ketones is 1. The molecule has 0 heterocycles. The van der Waals surface area contributed by atoms with Gasteiger partial charge in [0.05, 0.1) is 5.56 Å². The fourth-order valence-electron chi connectivity index (χ4n) is 2.99. The molecule has 0 atom stereocenters. The molecule has 112 valence electrons. The second-order valence-corrected chi connectivity index (χ2v) is 6.43. The van der Waals surface area contributed by atoms with Gasteiger partial charge in [-0.2, -0.15) is 0 Å². The van der Waals surface area contributed by atoms with E-state index in [0.717, 1.165) is 31.2 Å². The van der Waals surface area contributed by atoms with Crippen molar-refractivity contribution in [1.29, 1.82) is 0 Å². The lowest BCUT2D eigenvalue weighted by Crippen LogP contribution is -2.14. The summed E-state index contributed by atoms with van der Waals surface area (Å²) in [4.78, 5) is 15.5. The average Bonchev–Trinajstić information content (AvgIpc) is 2.98. The summed E-state index contributed by atoms with van der Waals surface area (Å²) in [6, 6.07) is 5.00. The molecule has 1 saturated carbocycles. The Bertz CT molecular complexity index is 565. The van der Waals surface area contributed by atoms with Crippen molar-refractivity contribution in [2.45, 2.75) is 57.9 Å². The van der Waals surface area contributed by atoms with Gasteiger partial charge < -0.3 is 4.85 Å². The maximum absolute atomic E-state index is 14.1. The summed E-state index contributed by atoms with van der Waals surface area (Å²) >= 11 is 0. The molecule has 0 radical (unpaired) electrons. The Kier molecular flexibility index (Phi) is 4.77. The van der Waals surface area contributed by atoms with E-state index in [-0.39, 0.29) is 11.7 Å². The van der Waals surface area contributed by atoms with Gasteiger partial charge in [0, 0.05) is 26.2 Å². The van der Waals surface area contributed by atoms with Crippen molar-refractivity contribution in [3.05, 3.63) is 46.6 Å². The lowest BCUT2D eigenvalue weighted by atomic mass is 9.92. The highest BCUT2D eigenvalue weighted by Gasteiger charge is 2.29. The largest absolute Gasteiger partial charge is 0.306 e. The minimum atomic E-state index is -0.845. The fraction of sp³-hybridized carbons (Fsp3) is 0.556. The summed E-state index contributed by atoms with van der Waals surface area (Å²) < 4.78 is 14.1. The van der Waals surface area contributed by atoms with Gasteiger partial charge in [-0.15, -0.1) is 0 Å². The summed E-state index contributed by atoms with van der Waals surface area (Å²) in [6.07, 6.45) is 5.44. The molecule has 0 bridgehead atoms. The minimum Gasteiger partial charge on any atom is -0.306 e. The van der Waals surface area contributed by atoms with Crippen LogP contribution >= 0.6 is 0 Å². The molecule has 0 aromatic heterocycles. The van der Waals surface area contributed by atoms with Crippen molar-refractivity contribution in [3.8, 4) is 0 Å². The van der Waals surface area contributed by atoms with Gasteiger partial charge in [0.2, 0.25) is 0 Å². The van der Waals surface area contributed by atoms with Gasteiger partial charge in [-0.3, -0.25) is 4.79 Å². The third kappa shape index (κ3) is 3.69. The first-order chi connectivity index (χ1) is 9.94. The smallest absolute Gasteiger partial charge is 0.254 e. The van der Waals surface area contributed by atoms with Crippen LogP contribution in [0.15, 0.2) is 18.2 Å². The molecular weight excluding hydrogens is 265 g/mol. The van der Waals surface area contributed by atoms with E-state index in [1.165, 1.54) is 6.07 Å². The molecule has 0 saturated heterocycles. The Balaban J connectivity index is 2.01. The summed E-state index contributed by atoms with van der Waals surface area (Å²) in [7, 11) is 0. The molecule has 0 amide bonds. The Labute approximate surface area is 126 Å². The van der Waals surface area contributed by atoms with E-state index in [1.807, 2.05) is 6.07 Å². The molecule has 0 spiro atoms. The first kappa shape index (κ1) is 15.7. The quantitative estimate of drug-likeness (QED) is 0.721. The number of hydrogen-bond acceptors (Lipinski definition) is 1. The number of rotatable bonds is 5. The van der Waals surface area contributed by atoms with Crippen molar-refractivity contribution in [3.63, 3.8) is 0 Å². The van der Waals surface area contributed by atoms with Crippen LogP contribution in [0.3, 0.4) is 0 Å². The van der Waals surface area contributed by atoms with Gasteiger partial charge in [0.15, 0.2) is 0 Å². The normalized spacial score (nSPS) is 15.9. The zero-order valence-electron chi connectivity index (χ0n) is 12.8. The van der Waals surface area contributed by atoms with E-state index >= 15 is 0 Å². The Morgan fingerprint density at radius 1 is 1.38 bits per heavy atom. The lowest BCUT2D eigenvalue weighted by Gasteiger charge is -2.13. The molecule has 1 aromatic rings. The molecule has 1 fully saturated rings. The second-order valence-electron chi connectivity index (χ2n) is 6.43. The maximum atomic E-state index is 14.1. The molecule has 1 aliphatic carbocycles. The van der Waals surface area contributed by atoms with Crippen molar-refractivity contribution < 1.29 is 9.18 Å². The zero-order valence-corrected chi connectivity index (χ0v) is 12.8. The Morgan fingerprint density at radius 3 is 2.62 bits per heavy atom. The minimum absolute atomic E-state index is 0.232. The highest BCUT2D eigenvalue weighted by Crippen LogP contribution is 2.29. The number of halogens is 1. The number of aryl methyl sites for hydroxylation is 1. The van der Waals surface area contributed by atoms with E-state index in [2.05, 4.69) is 4.85 Å². The average molecular weight is 287 g/mol. The van der Waals surface area contributed by atoms with Gasteiger partial charge in [0.25, 0.3) is 5.54 Å². The van der Waals surface area contributed by atoms with Crippen LogP contribution in [0.4, 0.5) is 4.39 Å². The number of carbonyl (C=O) groups is 1. The number of benzene rings is 1. The highest BCUT2D eigenvalue weighted by molar-refractivity contribution is 5.81. The van der Waals surface area contributed by atoms with Crippen molar-refractivity contribution in [1.82, 2.24) is 0 Å². The molecular formula is C18H22FNO. The number of carbonyl (C=O) groups excluding carboxylic acids is 1. The van der Waals surface area contributed by atoms with Crippen LogP contribution in [-0.4, -0.2) is 5.78 Å². The number of nitrogens with zero attached hydrogens (tertiary/aromatic N) is 1. The van der Waals surface area contributed by atoms with Crippen LogP contribution < -0.4 is 0 Å². The van der Waals surface area contributed by atoms with E-state index in [9.17, 15) is 9.18 Å². The van der Waals surface area contributed by atoms with Crippen molar-refractivity contribution in [2.75, 3.05) is 0 Å². The maximum Gasteiger partial charge on any atom is 0.254 e. The lowest BCUT2D eigenvalue weighted by molar-refractivity contribution is -0.122. The predicted molar refractivity (Wildman–Crippen MR) is 81.3 cm³/mol. The van der Waals surface area contributed by atoms with E-state index < -0.39 is 5.54 Å². The zero-order chi connectivity index (χ0) is 15.5. The molecule has 2 nitrogen and oxygen atoms in total. The van der Waals surface area contributed by atoms with Gasteiger partial charge in [-0.25, -0.2) is 11.0 Å². The molecule has 0 aliphatic heterocycles. The second kappa shape index (κ2) is 6.39. The van der Waals surface area contributed by atoms with E-state index in [4.69, 9.17) is 6.57 Å². The molecule has 0 N–H and O–H groups in total. The summed E-state index contributed by atoms with van der Waals surface area (Å²) in [5.74, 6) is 0.204. The van der Waals surface area contributed by atoms with Crippen LogP contribution in [0.25, 0.3) is 4.85 Å². The third-order valence-corrected chi connectivity index (χ3v) is 4.44. The van der Waals surface area contributed by atoms with E-state index in [0.29, 0.717) is 24.2 Å². The monoisotopic (exact) mass is 287 g/mol. The summed E-state index contributed by atoms with van der Waals surface area (Å²) in [5, 5.41) is 0. The van der Waals surface area contributed by atoms with Crippen molar-refractivity contribution in [2.24, 2.45) is 5.92 Å². The number of hydrogen-bond donors (Lipinski definition) is 0. The van der Waals surface area contributed by atoms with Crippen LogP contribution in [0.5, 0.6) is 0 Å². The van der Waals surface area contributed by atoms with Gasteiger partial charge in [-0.1, -0.05) is 18.9 Å². The summed E-state index contributed by atoms with van der Waals surface area (Å²) in [6.45, 7) is 10.6. The molecule has 2 rings (SSSR count). The topological polar surface area (TPSA) is 21.4 Å². The molecule has 3 heteroatoms. The van der Waals surface area contributed by atoms with Crippen LogP contribution in [0, 0.1) is 18.3 Å². The van der Waals surface area contributed by atoms with Crippen molar-refractivity contribution >= 4 is 5.78 Å². The molecule has 1 aliphatic rings. The number of Topliss-reactive ketones (excluding diaryl/α,β-unsaturated/α-hetero) is 1. The van der Waals surface area contributed by atoms with Gasteiger partial charge >= 0.3 is 0 Å². The van der Waals surface area contributed by atoms with Crippen LogP contribution in [0.1, 0.15) is 57.1 Å². The summed E-state index contributed by atoms with van der Waals surface area (Å²) in [5.41, 5.74) is 0.411. The highest BCUT2D eigenvalue weighted by atomic mass is 19.1. The van der Waals surface area contributed by atoms with Crippen LogP contribution in [0.2, 0.25) is 0 Å². The SMILES string of the molecule is [C-]#[N+]C(C)(C)c1ccc(CCC(=O)C2CCCC2)cc1F. The predicted octanol–water partition coefficient (Wildman–Crippen LogP) is 4.67. The molecule has 21 heavy (non-hydrogen) atoms. The fourth-order valence-corrected chi connectivity index (χ4v) is 2.99. The Morgan fingerprint density at radius 2 is 2.05 bits per heavy atom. The molecule has 0 unspecified atom stereocenters. The third-order valence-electron chi connectivity index (χ3n) is 4.44. The first-order valence-corrected chi connectivity index (χ1v) is 7.64. The molecule has 1 aromatic carbocycles. The van der Waals surface area contributed by atoms with Gasteiger partial charge in [0.1, 0.15) is 11.6 Å². The van der Waals surface area contributed by atoms with Gasteiger partial charge in [-0.05, 0) is 37.0 Å². The first-order valence-electron chi connectivity index (χ1n) is 7.64. The van der Waals surface area contributed by atoms with E-state index in [1.54, 1.807) is 19.9 Å². The Hall–Kier alpha value is -1.69. The van der Waals surface area contributed by atoms with Crippen LogP contribution in [-0.2, 0) is 16.8 Å². The standard InChI is InChI=1S/C18H22FNO/c1-18(2,20-3)15-10-8-13(12-16(15)19)9-11-17(21)14-6-4-5-7-14/h8,10,12,14H,4-7,9,11H2,1-2H3.